The van der Waals surface area contributed by atoms with Gasteiger partial charge in [-0.25, -0.2) is 14.8 Å². The van der Waals surface area contributed by atoms with Gasteiger partial charge in [-0.3, -0.25) is 9.69 Å². The van der Waals surface area contributed by atoms with Crippen molar-refractivity contribution in [2.75, 3.05) is 4.90 Å². The fourth-order valence-corrected chi connectivity index (χ4v) is 4.64. The molecule has 0 spiro atoms. The van der Waals surface area contributed by atoms with E-state index >= 15 is 0 Å². The van der Waals surface area contributed by atoms with Crippen molar-refractivity contribution in [2.45, 2.75) is 20.8 Å². The van der Waals surface area contributed by atoms with Gasteiger partial charge in [0.15, 0.2) is 10.8 Å². The molecule has 6 nitrogen and oxygen atoms in total. The summed E-state index contributed by atoms with van der Waals surface area (Å²) in [6.07, 6.45) is 1.52. The van der Waals surface area contributed by atoms with Crippen molar-refractivity contribution in [2.24, 2.45) is 4.99 Å². The molecule has 0 N–H and O–H groups in total. The molecule has 32 heavy (non-hydrogen) atoms. The quantitative estimate of drug-likeness (QED) is 0.330. The first-order chi connectivity index (χ1) is 15.2. The van der Waals surface area contributed by atoms with Crippen LogP contribution >= 0.6 is 34.5 Å². The predicted octanol–water partition coefficient (Wildman–Crippen LogP) is 6.10. The van der Waals surface area contributed by atoms with Crippen LogP contribution in [0.3, 0.4) is 0 Å². The number of hydrogen-bond donors (Lipinski definition) is 0. The molecule has 4 rings (SSSR count). The zero-order chi connectivity index (χ0) is 23.0. The normalized spacial score (nSPS) is 14.5. The molecule has 162 valence electrons. The van der Waals surface area contributed by atoms with Crippen LogP contribution < -0.4 is 4.90 Å². The molecule has 0 saturated carbocycles. The summed E-state index contributed by atoms with van der Waals surface area (Å²) < 4.78 is 5.27. The highest BCUT2D eigenvalue weighted by molar-refractivity contribution is 7.14. The minimum atomic E-state index is -0.612. The van der Waals surface area contributed by atoms with Crippen LogP contribution in [-0.4, -0.2) is 22.8 Å². The monoisotopic (exact) mass is 485 g/mol. The highest BCUT2D eigenvalue weighted by Crippen LogP contribution is 2.34. The average Bonchev–Trinajstić information content (AvgIpc) is 3.31. The fraction of sp³-hybridized carbons (Fsp3) is 0.130. The van der Waals surface area contributed by atoms with Gasteiger partial charge in [0.1, 0.15) is 0 Å². The Hall–Kier alpha value is -3.00. The van der Waals surface area contributed by atoms with Crippen molar-refractivity contribution >= 4 is 69.2 Å². The third kappa shape index (κ3) is 4.32. The Labute approximate surface area is 198 Å². The first-order valence-electron chi connectivity index (χ1n) is 9.55. The largest absolute Gasteiger partial charge is 0.402 e. The number of rotatable bonds is 4. The Kier molecular flexibility index (Phi) is 6.15. The molecule has 9 heteroatoms. The van der Waals surface area contributed by atoms with E-state index in [9.17, 15) is 9.59 Å². The molecule has 1 amide bonds. The molecule has 2 aromatic carbocycles. The zero-order valence-corrected chi connectivity index (χ0v) is 19.7. The number of anilines is 2. The van der Waals surface area contributed by atoms with Gasteiger partial charge in [-0.15, -0.1) is 11.3 Å². The number of cyclic esters (lactones) is 1. The average molecular weight is 486 g/mol. The molecule has 3 aromatic rings. The molecule has 1 aromatic heterocycles. The lowest BCUT2D eigenvalue weighted by Gasteiger charge is -2.22. The maximum absolute atomic E-state index is 12.5. The number of aliphatic imine (C=N–C) groups is 1. The molecule has 0 bridgehead atoms. The number of carbonyl (C=O) groups excluding carboxylic acids is 2. The number of ether oxygens (including phenoxy) is 1. The van der Waals surface area contributed by atoms with Gasteiger partial charge in [-0.2, -0.15) is 0 Å². The van der Waals surface area contributed by atoms with E-state index in [0.717, 1.165) is 16.8 Å². The van der Waals surface area contributed by atoms with Gasteiger partial charge in [0, 0.05) is 17.3 Å². The summed E-state index contributed by atoms with van der Waals surface area (Å²) in [6.45, 7) is 5.38. The smallest absolute Gasteiger partial charge is 0.363 e. The summed E-state index contributed by atoms with van der Waals surface area (Å²) in [4.78, 5) is 35.2. The molecule has 0 radical (unpaired) electrons. The van der Waals surface area contributed by atoms with Crippen molar-refractivity contribution in [3.8, 4) is 0 Å². The first kappa shape index (κ1) is 22.2. The van der Waals surface area contributed by atoms with E-state index in [2.05, 4.69) is 9.98 Å². The van der Waals surface area contributed by atoms with Crippen LogP contribution in [0.1, 0.15) is 29.3 Å². The second kappa shape index (κ2) is 8.86. The third-order valence-corrected chi connectivity index (χ3v) is 6.14. The maximum Gasteiger partial charge on any atom is 0.363 e. The maximum atomic E-state index is 12.5. The topological polar surface area (TPSA) is 71.9 Å². The summed E-state index contributed by atoms with van der Waals surface area (Å²) in [6, 6.07) is 10.7. The van der Waals surface area contributed by atoms with Crippen LogP contribution in [-0.2, 0) is 14.3 Å². The number of aromatic nitrogens is 1. The van der Waals surface area contributed by atoms with E-state index < -0.39 is 5.97 Å². The zero-order valence-electron chi connectivity index (χ0n) is 17.3. The van der Waals surface area contributed by atoms with Crippen LogP contribution in [0.15, 0.2) is 52.5 Å². The van der Waals surface area contributed by atoms with Gasteiger partial charge in [-0.1, -0.05) is 41.4 Å². The lowest BCUT2D eigenvalue weighted by Crippen LogP contribution is -2.24. The Bertz CT molecular complexity index is 1290. The first-order valence-corrected chi connectivity index (χ1v) is 11.2. The van der Waals surface area contributed by atoms with Gasteiger partial charge in [0.05, 0.1) is 22.0 Å². The molecule has 0 atom stereocenters. The van der Waals surface area contributed by atoms with Crippen molar-refractivity contribution in [3.05, 3.63) is 79.9 Å². The van der Waals surface area contributed by atoms with Crippen LogP contribution in [0.4, 0.5) is 10.8 Å². The highest BCUT2D eigenvalue weighted by atomic mass is 35.5. The van der Waals surface area contributed by atoms with E-state index in [1.807, 2.05) is 32.0 Å². The number of nitrogens with zero attached hydrogens (tertiary/aromatic N) is 3. The Balaban J connectivity index is 1.68. The molecular weight excluding hydrogens is 469 g/mol. The van der Waals surface area contributed by atoms with Crippen molar-refractivity contribution < 1.29 is 14.3 Å². The number of halogens is 2. The molecule has 0 saturated heterocycles. The molecule has 1 aliphatic rings. The van der Waals surface area contributed by atoms with Crippen molar-refractivity contribution in [1.82, 2.24) is 4.98 Å². The molecule has 0 fully saturated rings. The lowest BCUT2D eigenvalue weighted by atomic mass is 10.1. The Morgan fingerprint density at radius 1 is 1.16 bits per heavy atom. The Morgan fingerprint density at radius 3 is 2.53 bits per heavy atom. The fourth-order valence-electron chi connectivity index (χ4n) is 3.32. The highest BCUT2D eigenvalue weighted by Gasteiger charge is 2.27. The predicted molar refractivity (Wildman–Crippen MR) is 128 cm³/mol. The number of carbonyl (C=O) groups is 2. The molecule has 1 aliphatic heterocycles. The van der Waals surface area contributed by atoms with Gasteiger partial charge in [-0.05, 0) is 49.2 Å². The lowest BCUT2D eigenvalue weighted by molar-refractivity contribution is -0.130. The molecule has 0 aliphatic carbocycles. The van der Waals surface area contributed by atoms with E-state index in [1.165, 1.54) is 24.3 Å². The van der Waals surface area contributed by atoms with Crippen LogP contribution in [0.5, 0.6) is 0 Å². The standard InChI is InChI=1S/C23H17Cl2N3O3S/c1-12-5-4-6-13(2)20(12)28(14(3)29)23-26-16(11-32-23)10-19-22(30)31-21(27-19)17-8-7-15(24)9-18(17)25/h4-11H,1-3H3/b19-10+. The van der Waals surface area contributed by atoms with E-state index in [4.69, 9.17) is 27.9 Å². The molecule has 2 heterocycles. The second-order valence-electron chi connectivity index (χ2n) is 7.11. The van der Waals surface area contributed by atoms with E-state index in [0.29, 0.717) is 26.4 Å². The van der Waals surface area contributed by atoms with Crippen LogP contribution in [0, 0.1) is 13.8 Å². The minimum absolute atomic E-state index is 0.0873. The van der Waals surface area contributed by atoms with Crippen LogP contribution in [0.2, 0.25) is 10.0 Å². The number of amides is 1. The van der Waals surface area contributed by atoms with E-state index in [-0.39, 0.29) is 17.5 Å². The van der Waals surface area contributed by atoms with Crippen molar-refractivity contribution in [3.63, 3.8) is 0 Å². The van der Waals surface area contributed by atoms with Gasteiger partial charge in [0.25, 0.3) is 0 Å². The van der Waals surface area contributed by atoms with Crippen molar-refractivity contribution in [1.29, 1.82) is 0 Å². The second-order valence-corrected chi connectivity index (χ2v) is 8.79. The SMILES string of the molecule is CC(=O)N(c1nc(/C=C2/N=C(c3ccc(Cl)cc3Cl)OC2=O)cs1)c1c(C)cccc1C. The summed E-state index contributed by atoms with van der Waals surface area (Å²) in [5.74, 6) is -0.674. The molecular formula is C23H17Cl2N3O3S. The number of thiazole rings is 1. The number of aryl methyl sites for hydroxylation is 2. The summed E-state index contributed by atoms with van der Waals surface area (Å²) in [7, 11) is 0. The summed E-state index contributed by atoms with van der Waals surface area (Å²) in [5, 5.41) is 3.04. The summed E-state index contributed by atoms with van der Waals surface area (Å²) >= 11 is 13.4. The third-order valence-electron chi connectivity index (χ3n) is 4.75. The number of esters is 1. The number of para-hydroxylation sites is 1. The Morgan fingerprint density at radius 2 is 1.88 bits per heavy atom. The number of hydrogen-bond acceptors (Lipinski definition) is 6. The van der Waals surface area contributed by atoms with Gasteiger partial charge in [0.2, 0.25) is 11.8 Å². The van der Waals surface area contributed by atoms with Crippen LogP contribution in [0.25, 0.3) is 6.08 Å². The van der Waals surface area contributed by atoms with Gasteiger partial charge < -0.3 is 4.74 Å². The van der Waals surface area contributed by atoms with E-state index in [1.54, 1.807) is 28.5 Å². The summed E-state index contributed by atoms with van der Waals surface area (Å²) in [5.41, 5.74) is 3.76. The van der Waals surface area contributed by atoms with Gasteiger partial charge >= 0.3 is 5.97 Å². The number of benzene rings is 2. The minimum Gasteiger partial charge on any atom is -0.402 e. The molecule has 0 unspecified atom stereocenters.